The van der Waals surface area contributed by atoms with Crippen LogP contribution in [0, 0.1) is 19.8 Å². The molecule has 1 aromatic heterocycles. The average Bonchev–Trinajstić information content (AvgIpc) is 2.90. The summed E-state index contributed by atoms with van der Waals surface area (Å²) in [5.41, 5.74) is 2.12. The highest BCUT2D eigenvalue weighted by Gasteiger charge is 2.18. The summed E-state index contributed by atoms with van der Waals surface area (Å²) in [5.74, 6) is 0.958. The standard InChI is InChI=1S/C18H24N2O4/c1-11(9-21)12(2)19-18(22)15-7-5-6-8-17(15)23-10-16-13(3)20-24-14(16)4/h5-8,11-12,21H,9-10H2,1-4H3,(H,19,22). The SMILES string of the molecule is Cc1noc(C)c1COc1ccccc1C(=O)NC(C)C(C)CO. The molecular weight excluding hydrogens is 308 g/mol. The van der Waals surface area contributed by atoms with Crippen LogP contribution in [0.4, 0.5) is 0 Å². The van der Waals surface area contributed by atoms with Crippen molar-refractivity contribution in [3.63, 3.8) is 0 Å². The van der Waals surface area contributed by atoms with Crippen LogP contribution in [0.2, 0.25) is 0 Å². The summed E-state index contributed by atoms with van der Waals surface area (Å²) in [6.45, 7) is 7.73. The summed E-state index contributed by atoms with van der Waals surface area (Å²) in [4.78, 5) is 12.5. The Morgan fingerprint density at radius 1 is 1.33 bits per heavy atom. The Morgan fingerprint density at radius 3 is 2.67 bits per heavy atom. The molecule has 130 valence electrons. The van der Waals surface area contributed by atoms with Crippen molar-refractivity contribution < 1.29 is 19.2 Å². The van der Waals surface area contributed by atoms with Gasteiger partial charge in [-0.1, -0.05) is 24.2 Å². The zero-order valence-electron chi connectivity index (χ0n) is 14.5. The second-order valence-electron chi connectivity index (χ2n) is 6.01. The Hall–Kier alpha value is -2.34. The first-order valence-electron chi connectivity index (χ1n) is 7.99. The number of hydrogen-bond donors (Lipinski definition) is 2. The number of hydrogen-bond acceptors (Lipinski definition) is 5. The number of para-hydroxylation sites is 1. The van der Waals surface area contributed by atoms with Gasteiger partial charge in [0.25, 0.3) is 5.91 Å². The fourth-order valence-corrected chi connectivity index (χ4v) is 2.22. The summed E-state index contributed by atoms with van der Waals surface area (Å²) in [6.07, 6.45) is 0. The second-order valence-corrected chi connectivity index (χ2v) is 6.01. The molecule has 0 saturated carbocycles. The summed E-state index contributed by atoms with van der Waals surface area (Å²) in [7, 11) is 0. The number of aliphatic hydroxyl groups excluding tert-OH is 1. The van der Waals surface area contributed by atoms with Gasteiger partial charge in [-0.15, -0.1) is 0 Å². The van der Waals surface area contributed by atoms with Gasteiger partial charge in [-0.2, -0.15) is 0 Å². The van der Waals surface area contributed by atoms with Crippen molar-refractivity contribution in [2.24, 2.45) is 5.92 Å². The number of aromatic nitrogens is 1. The topological polar surface area (TPSA) is 84.6 Å². The highest BCUT2D eigenvalue weighted by molar-refractivity contribution is 5.97. The average molecular weight is 332 g/mol. The molecule has 6 heteroatoms. The Kier molecular flexibility index (Phi) is 5.98. The molecule has 2 atom stereocenters. The van der Waals surface area contributed by atoms with E-state index < -0.39 is 0 Å². The van der Waals surface area contributed by atoms with E-state index in [1.165, 1.54) is 0 Å². The molecule has 0 fully saturated rings. The first-order valence-corrected chi connectivity index (χ1v) is 7.99. The van der Waals surface area contributed by atoms with Crippen molar-refractivity contribution in [2.45, 2.75) is 40.3 Å². The van der Waals surface area contributed by atoms with Gasteiger partial charge < -0.3 is 19.7 Å². The molecule has 2 N–H and O–H groups in total. The molecule has 24 heavy (non-hydrogen) atoms. The monoisotopic (exact) mass is 332 g/mol. The molecule has 6 nitrogen and oxygen atoms in total. The summed E-state index contributed by atoms with van der Waals surface area (Å²) >= 11 is 0. The third-order valence-corrected chi connectivity index (χ3v) is 4.19. The van der Waals surface area contributed by atoms with Crippen LogP contribution in [0.15, 0.2) is 28.8 Å². The zero-order valence-corrected chi connectivity index (χ0v) is 14.5. The van der Waals surface area contributed by atoms with Crippen LogP contribution in [0.5, 0.6) is 5.75 Å². The van der Waals surface area contributed by atoms with Gasteiger partial charge >= 0.3 is 0 Å². The molecule has 0 spiro atoms. The molecule has 0 saturated heterocycles. The minimum Gasteiger partial charge on any atom is -0.488 e. The highest BCUT2D eigenvalue weighted by atomic mass is 16.5. The quantitative estimate of drug-likeness (QED) is 0.814. The normalized spacial score (nSPS) is 13.4. The summed E-state index contributed by atoms with van der Waals surface area (Å²) in [5, 5.41) is 16.0. The number of aliphatic hydroxyl groups is 1. The Balaban J connectivity index is 2.11. The van der Waals surface area contributed by atoms with Crippen LogP contribution in [0.1, 0.15) is 41.2 Å². The van der Waals surface area contributed by atoms with Gasteiger partial charge in [-0.3, -0.25) is 4.79 Å². The molecule has 0 aliphatic carbocycles. The van der Waals surface area contributed by atoms with E-state index in [0.717, 1.165) is 11.3 Å². The van der Waals surface area contributed by atoms with Crippen molar-refractivity contribution in [3.05, 3.63) is 46.8 Å². The number of amides is 1. The maximum atomic E-state index is 12.5. The predicted molar refractivity (Wildman–Crippen MR) is 89.9 cm³/mol. The minimum atomic E-state index is -0.225. The number of benzene rings is 1. The molecule has 1 amide bonds. The first-order chi connectivity index (χ1) is 11.4. The number of nitrogens with one attached hydrogen (secondary N) is 1. The Labute approximate surface area is 141 Å². The van der Waals surface area contributed by atoms with Crippen molar-refractivity contribution in [1.82, 2.24) is 10.5 Å². The molecule has 0 bridgehead atoms. The lowest BCUT2D eigenvalue weighted by Crippen LogP contribution is -2.38. The van der Waals surface area contributed by atoms with E-state index in [-0.39, 0.29) is 31.1 Å². The summed E-state index contributed by atoms with van der Waals surface area (Å²) < 4.78 is 10.9. The Morgan fingerprint density at radius 2 is 2.04 bits per heavy atom. The number of ether oxygens (including phenoxy) is 1. The third kappa shape index (κ3) is 4.14. The lowest BCUT2D eigenvalue weighted by atomic mass is 10.0. The molecule has 0 aliphatic heterocycles. The minimum absolute atomic E-state index is 0.0195. The first kappa shape index (κ1) is 18.0. The maximum absolute atomic E-state index is 12.5. The molecule has 0 radical (unpaired) electrons. The number of nitrogens with zero attached hydrogens (tertiary/aromatic N) is 1. The van der Waals surface area contributed by atoms with Crippen molar-refractivity contribution >= 4 is 5.91 Å². The molecule has 1 heterocycles. The van der Waals surface area contributed by atoms with Gasteiger partial charge in [-0.05, 0) is 38.8 Å². The van der Waals surface area contributed by atoms with E-state index in [9.17, 15) is 9.90 Å². The van der Waals surface area contributed by atoms with Gasteiger partial charge in [0.15, 0.2) is 0 Å². The summed E-state index contributed by atoms with van der Waals surface area (Å²) in [6, 6.07) is 6.94. The molecule has 2 unspecified atom stereocenters. The zero-order chi connectivity index (χ0) is 17.7. The number of carbonyl (C=O) groups is 1. The van der Waals surface area contributed by atoms with Crippen LogP contribution < -0.4 is 10.1 Å². The van der Waals surface area contributed by atoms with Crippen LogP contribution in [-0.2, 0) is 6.61 Å². The van der Waals surface area contributed by atoms with Crippen LogP contribution in [-0.4, -0.2) is 28.8 Å². The van der Waals surface area contributed by atoms with E-state index in [1.54, 1.807) is 18.2 Å². The van der Waals surface area contributed by atoms with Crippen molar-refractivity contribution in [3.8, 4) is 5.75 Å². The van der Waals surface area contributed by atoms with Gasteiger partial charge in [0.1, 0.15) is 18.1 Å². The smallest absolute Gasteiger partial charge is 0.255 e. The van der Waals surface area contributed by atoms with Crippen molar-refractivity contribution in [2.75, 3.05) is 6.61 Å². The molecule has 1 aromatic carbocycles. The number of aryl methyl sites for hydroxylation is 2. The second kappa shape index (κ2) is 7.97. The fourth-order valence-electron chi connectivity index (χ4n) is 2.22. The van der Waals surface area contributed by atoms with Crippen LogP contribution >= 0.6 is 0 Å². The number of carbonyl (C=O) groups excluding carboxylic acids is 1. The van der Waals surface area contributed by atoms with Gasteiger partial charge in [-0.25, -0.2) is 0 Å². The van der Waals surface area contributed by atoms with E-state index in [1.807, 2.05) is 33.8 Å². The highest BCUT2D eigenvalue weighted by Crippen LogP contribution is 2.21. The molecular formula is C18H24N2O4. The predicted octanol–water partition coefficient (Wildman–Crippen LogP) is 2.62. The molecule has 2 rings (SSSR count). The van der Waals surface area contributed by atoms with E-state index in [2.05, 4.69) is 10.5 Å². The van der Waals surface area contributed by atoms with Gasteiger partial charge in [0, 0.05) is 12.6 Å². The molecule has 0 aliphatic rings. The lowest BCUT2D eigenvalue weighted by molar-refractivity contribution is 0.0912. The third-order valence-electron chi connectivity index (χ3n) is 4.19. The van der Waals surface area contributed by atoms with Crippen molar-refractivity contribution in [1.29, 1.82) is 0 Å². The number of rotatable bonds is 7. The van der Waals surface area contributed by atoms with E-state index in [0.29, 0.717) is 17.1 Å². The van der Waals surface area contributed by atoms with Crippen LogP contribution in [0.3, 0.4) is 0 Å². The maximum Gasteiger partial charge on any atom is 0.255 e. The fraction of sp³-hybridized carbons (Fsp3) is 0.444. The van der Waals surface area contributed by atoms with Gasteiger partial charge in [0.05, 0.1) is 16.8 Å². The largest absolute Gasteiger partial charge is 0.488 e. The Bertz CT molecular complexity index is 677. The van der Waals surface area contributed by atoms with Gasteiger partial charge in [0.2, 0.25) is 0 Å². The van der Waals surface area contributed by atoms with Crippen LogP contribution in [0.25, 0.3) is 0 Å². The van der Waals surface area contributed by atoms with E-state index >= 15 is 0 Å². The lowest BCUT2D eigenvalue weighted by Gasteiger charge is -2.20. The molecule has 2 aromatic rings. The van der Waals surface area contributed by atoms with E-state index in [4.69, 9.17) is 9.26 Å².